The average molecular weight is 501 g/mol. The summed E-state index contributed by atoms with van der Waals surface area (Å²) in [6.07, 6.45) is -3.40. The number of carbonyl (C=O) groups excluding carboxylic acids is 1. The quantitative estimate of drug-likeness (QED) is 0.226. The van der Waals surface area contributed by atoms with E-state index in [0.29, 0.717) is 28.6 Å². The Balaban J connectivity index is 1.72. The lowest BCUT2D eigenvalue weighted by Gasteiger charge is -2.20. The molecule has 0 aliphatic carbocycles. The molecular weight excluding hydrogens is 482 g/mol. The Bertz CT molecular complexity index is 1500. The molecule has 0 aliphatic rings. The second-order valence-electron chi connectivity index (χ2n) is 7.51. The van der Waals surface area contributed by atoms with E-state index in [-0.39, 0.29) is 17.2 Å². The van der Waals surface area contributed by atoms with Gasteiger partial charge in [0, 0.05) is 31.1 Å². The lowest BCUT2D eigenvalue weighted by atomic mass is 10.2. The molecule has 186 valence electrons. The third-order valence-corrected chi connectivity index (χ3v) is 5.29. The molecule has 4 rings (SSSR count). The summed E-state index contributed by atoms with van der Waals surface area (Å²) >= 11 is 0. The molecule has 0 saturated carbocycles. The number of hydrogen-bond acceptors (Lipinski definition) is 6. The molecule has 4 aromatic rings. The van der Waals surface area contributed by atoms with Crippen LogP contribution in [-0.4, -0.2) is 33.7 Å². The maximum absolute atomic E-state index is 14.8. The Morgan fingerprint density at radius 1 is 1.25 bits per heavy atom. The number of rotatable bonds is 5. The molecule has 2 aromatic carbocycles. The minimum absolute atomic E-state index is 0.0140. The highest BCUT2D eigenvalue weighted by Crippen LogP contribution is 2.31. The third-order valence-electron chi connectivity index (χ3n) is 5.29. The number of anilines is 3. The molecule has 0 fully saturated rings. The summed E-state index contributed by atoms with van der Waals surface area (Å²) < 4.78 is 60.9. The van der Waals surface area contributed by atoms with Crippen molar-refractivity contribution in [2.75, 3.05) is 23.0 Å². The Labute approximate surface area is 201 Å². The van der Waals surface area contributed by atoms with Crippen LogP contribution in [0.25, 0.3) is 16.7 Å². The highest BCUT2D eigenvalue weighted by Gasteiger charge is 2.36. The highest BCUT2D eigenvalue weighted by molar-refractivity contribution is 6.04. The molecule has 36 heavy (non-hydrogen) atoms. The summed E-state index contributed by atoms with van der Waals surface area (Å²) in [7, 11) is 1.56. The Hall–Kier alpha value is -4.68. The molecule has 3 N–H and O–H groups in total. The Morgan fingerprint density at radius 3 is 2.64 bits per heavy atom. The van der Waals surface area contributed by atoms with E-state index in [9.17, 15) is 22.4 Å². The van der Waals surface area contributed by atoms with Crippen LogP contribution in [0.2, 0.25) is 0 Å². The first-order valence-corrected chi connectivity index (χ1v) is 10.3. The van der Waals surface area contributed by atoms with Crippen LogP contribution in [-0.2, 0) is 6.18 Å². The molecule has 2 aromatic heterocycles. The predicted molar refractivity (Wildman–Crippen MR) is 127 cm³/mol. The van der Waals surface area contributed by atoms with Gasteiger partial charge in [0.1, 0.15) is 17.3 Å². The molecule has 0 atom stereocenters. The first kappa shape index (κ1) is 24.4. The van der Waals surface area contributed by atoms with Crippen molar-refractivity contribution >= 4 is 39.9 Å². The van der Waals surface area contributed by atoms with Crippen LogP contribution in [0.3, 0.4) is 0 Å². The molecule has 9 nitrogen and oxygen atoms in total. The number of aliphatic imine (C=N–C) groups is 1. The van der Waals surface area contributed by atoms with Crippen molar-refractivity contribution in [3.05, 3.63) is 72.4 Å². The molecule has 2 heterocycles. The molecular formula is C23H19F4N7O2. The van der Waals surface area contributed by atoms with Crippen LogP contribution in [0.15, 0.2) is 64.8 Å². The van der Waals surface area contributed by atoms with Crippen molar-refractivity contribution in [1.29, 1.82) is 0 Å². The van der Waals surface area contributed by atoms with Crippen molar-refractivity contribution in [1.82, 2.24) is 14.9 Å². The van der Waals surface area contributed by atoms with Crippen LogP contribution >= 0.6 is 0 Å². The fourth-order valence-electron chi connectivity index (χ4n) is 3.43. The van der Waals surface area contributed by atoms with E-state index >= 15 is 0 Å². The van der Waals surface area contributed by atoms with Crippen LogP contribution in [0.1, 0.15) is 23.1 Å². The van der Waals surface area contributed by atoms with E-state index in [1.165, 1.54) is 41.4 Å². The van der Waals surface area contributed by atoms with Crippen molar-refractivity contribution in [3.63, 3.8) is 0 Å². The van der Waals surface area contributed by atoms with E-state index in [2.05, 4.69) is 27.1 Å². The zero-order valence-corrected chi connectivity index (χ0v) is 19.0. The number of amides is 1. The molecule has 1 amide bonds. The molecule has 0 radical (unpaired) electrons. The summed E-state index contributed by atoms with van der Waals surface area (Å²) in [5.41, 5.74) is 4.46. The summed E-state index contributed by atoms with van der Waals surface area (Å²) in [6, 6.07) is 8.66. The number of fused-ring (bicyclic) bond motifs is 1. The van der Waals surface area contributed by atoms with E-state index in [0.717, 1.165) is 10.7 Å². The van der Waals surface area contributed by atoms with Gasteiger partial charge >= 0.3 is 6.18 Å². The van der Waals surface area contributed by atoms with Crippen LogP contribution < -0.4 is 16.0 Å². The molecule has 0 unspecified atom stereocenters. The highest BCUT2D eigenvalue weighted by atomic mass is 19.4. The van der Waals surface area contributed by atoms with Crippen molar-refractivity contribution in [3.8, 4) is 5.69 Å². The van der Waals surface area contributed by atoms with Gasteiger partial charge in [-0.3, -0.25) is 9.79 Å². The average Bonchev–Trinajstić information content (AvgIpc) is 3.45. The number of halogens is 4. The van der Waals surface area contributed by atoms with E-state index in [4.69, 9.17) is 10.3 Å². The topological polar surface area (TPSA) is 115 Å². The SMILES string of the molecule is C=CN(C(C)=NC)c1ccc(NC(=O)c2cc(C(F)(F)F)nn2-c2ccc3onc(N)c3c2)c(F)c1. The lowest BCUT2D eigenvalue weighted by molar-refractivity contribution is -0.141. The fraction of sp³-hybridized carbons (Fsp3) is 0.130. The normalized spacial score (nSPS) is 12.1. The van der Waals surface area contributed by atoms with Gasteiger partial charge in [0.05, 0.1) is 16.8 Å². The Kier molecular flexibility index (Phi) is 6.23. The van der Waals surface area contributed by atoms with Gasteiger partial charge in [0.25, 0.3) is 5.91 Å². The summed E-state index contributed by atoms with van der Waals surface area (Å²) in [5.74, 6) is -1.29. The van der Waals surface area contributed by atoms with Crippen molar-refractivity contribution in [2.24, 2.45) is 4.99 Å². The maximum atomic E-state index is 14.8. The number of nitrogen functional groups attached to an aromatic ring is 1. The zero-order valence-electron chi connectivity index (χ0n) is 19.0. The van der Waals surface area contributed by atoms with Gasteiger partial charge in [-0.25, -0.2) is 9.07 Å². The van der Waals surface area contributed by atoms with Gasteiger partial charge in [-0.2, -0.15) is 18.3 Å². The molecule has 13 heteroatoms. The number of benzene rings is 2. The van der Waals surface area contributed by atoms with Crippen molar-refractivity contribution in [2.45, 2.75) is 13.1 Å². The van der Waals surface area contributed by atoms with Gasteiger partial charge in [-0.05, 0) is 37.3 Å². The Morgan fingerprint density at radius 2 is 2.00 bits per heavy atom. The summed E-state index contributed by atoms with van der Waals surface area (Å²) in [6.45, 7) is 5.36. The summed E-state index contributed by atoms with van der Waals surface area (Å²) in [5, 5.41) is 9.77. The van der Waals surface area contributed by atoms with Crippen LogP contribution in [0.4, 0.5) is 34.8 Å². The molecule has 0 spiro atoms. The molecule has 0 bridgehead atoms. The first-order chi connectivity index (χ1) is 17.0. The van der Waals surface area contributed by atoms with Gasteiger partial charge in [-0.15, -0.1) is 0 Å². The number of nitrogens with zero attached hydrogens (tertiary/aromatic N) is 5. The number of carbonyl (C=O) groups is 1. The minimum atomic E-state index is -4.83. The van der Waals surface area contributed by atoms with Crippen LogP contribution in [0, 0.1) is 5.82 Å². The number of hydrogen-bond donors (Lipinski definition) is 2. The van der Waals surface area contributed by atoms with Gasteiger partial charge < -0.3 is 20.5 Å². The number of nitrogens with one attached hydrogen (secondary N) is 1. The molecule has 0 saturated heterocycles. The van der Waals surface area contributed by atoms with Gasteiger partial charge in [0.15, 0.2) is 17.1 Å². The zero-order chi connectivity index (χ0) is 26.2. The smallest absolute Gasteiger partial charge is 0.380 e. The lowest BCUT2D eigenvalue weighted by Crippen LogP contribution is -2.22. The predicted octanol–water partition coefficient (Wildman–Crippen LogP) is 5.00. The number of aromatic nitrogens is 3. The summed E-state index contributed by atoms with van der Waals surface area (Å²) in [4.78, 5) is 18.5. The number of nitrogens with two attached hydrogens (primary N) is 1. The van der Waals surface area contributed by atoms with Gasteiger partial charge in [0.2, 0.25) is 0 Å². The van der Waals surface area contributed by atoms with Crippen molar-refractivity contribution < 1.29 is 26.9 Å². The largest absolute Gasteiger partial charge is 0.435 e. The standard InChI is InChI=1S/C23H19F4N7O2/c1-4-33(12(2)29-3)13-5-7-17(16(24)10-13)30-22(35)18-11-20(23(25,26)27)31-34(18)14-6-8-19-15(9-14)21(28)32-36-19/h4-11H,1H2,2-3H3,(H2,28,32)(H,30,35). The maximum Gasteiger partial charge on any atom is 0.435 e. The minimum Gasteiger partial charge on any atom is -0.380 e. The second kappa shape index (κ2) is 9.17. The molecule has 0 aliphatic heterocycles. The second-order valence-corrected chi connectivity index (χ2v) is 7.51. The third kappa shape index (κ3) is 4.50. The fourth-order valence-corrected chi connectivity index (χ4v) is 3.43. The van der Waals surface area contributed by atoms with E-state index in [1.54, 1.807) is 14.0 Å². The number of amidine groups is 1. The first-order valence-electron chi connectivity index (χ1n) is 10.3. The van der Waals surface area contributed by atoms with Crippen LogP contribution in [0.5, 0.6) is 0 Å². The van der Waals surface area contributed by atoms with E-state index in [1.807, 2.05) is 0 Å². The monoisotopic (exact) mass is 501 g/mol. The van der Waals surface area contributed by atoms with Gasteiger partial charge in [-0.1, -0.05) is 11.7 Å². The van der Waals surface area contributed by atoms with E-state index < -0.39 is 29.3 Å². The number of alkyl halides is 3.